The lowest BCUT2D eigenvalue weighted by Crippen LogP contribution is -2.17. The van der Waals surface area contributed by atoms with Gasteiger partial charge in [-0.1, -0.05) is 34.1 Å². The van der Waals surface area contributed by atoms with Gasteiger partial charge in [0.15, 0.2) is 0 Å². The zero-order valence-electron chi connectivity index (χ0n) is 15.4. The number of halogens is 1. The lowest BCUT2D eigenvalue weighted by Gasteiger charge is -2.17. The fourth-order valence-corrected chi connectivity index (χ4v) is 3.51. The van der Waals surface area contributed by atoms with E-state index in [4.69, 9.17) is 9.15 Å². The third kappa shape index (κ3) is 4.31. The number of methoxy groups -OCH3 is 1. The summed E-state index contributed by atoms with van der Waals surface area (Å²) in [4.78, 5) is 2.15. The van der Waals surface area contributed by atoms with Gasteiger partial charge in [-0.25, -0.2) is 0 Å². The maximum absolute atomic E-state index is 5.81. The van der Waals surface area contributed by atoms with Gasteiger partial charge >= 0.3 is 0 Å². The van der Waals surface area contributed by atoms with Gasteiger partial charge in [-0.3, -0.25) is 4.90 Å². The Morgan fingerprint density at radius 2 is 1.81 bits per heavy atom. The minimum absolute atomic E-state index is 0.533. The van der Waals surface area contributed by atoms with E-state index in [2.05, 4.69) is 57.0 Å². The molecular formula is C20H22BrN3O2. The molecule has 0 radical (unpaired) electrons. The highest BCUT2D eigenvalue weighted by Crippen LogP contribution is 2.25. The topological polar surface area (TPSA) is 51.4 Å². The first-order valence-electron chi connectivity index (χ1n) is 8.37. The van der Waals surface area contributed by atoms with Crippen LogP contribution in [-0.4, -0.2) is 29.3 Å². The number of benzene rings is 2. The number of ether oxygens (including phenoxy) is 1. The zero-order chi connectivity index (χ0) is 18.7. The number of rotatable bonds is 6. The van der Waals surface area contributed by atoms with Crippen LogP contribution < -0.4 is 4.74 Å². The standard InChI is InChI=1S/C20H22BrN3O2/c1-13-8-15(9-14(2)19(13)25-4)11-24(3)12-18-22-23-20(26-18)16-6-5-7-17(21)10-16/h5-10H,11-12H2,1-4H3. The maximum Gasteiger partial charge on any atom is 0.247 e. The van der Waals surface area contributed by atoms with E-state index in [1.807, 2.05) is 31.3 Å². The second kappa shape index (κ2) is 8.01. The van der Waals surface area contributed by atoms with Crippen molar-refractivity contribution < 1.29 is 9.15 Å². The van der Waals surface area contributed by atoms with E-state index in [0.717, 1.165) is 33.5 Å². The molecule has 0 fully saturated rings. The van der Waals surface area contributed by atoms with Crippen molar-refractivity contribution in [2.75, 3.05) is 14.2 Å². The molecule has 3 aromatic rings. The van der Waals surface area contributed by atoms with E-state index in [0.29, 0.717) is 18.3 Å². The molecular weight excluding hydrogens is 394 g/mol. The van der Waals surface area contributed by atoms with E-state index in [9.17, 15) is 0 Å². The third-order valence-electron chi connectivity index (χ3n) is 4.12. The Hall–Kier alpha value is -2.18. The van der Waals surface area contributed by atoms with Crippen molar-refractivity contribution in [2.45, 2.75) is 26.9 Å². The summed E-state index contributed by atoms with van der Waals surface area (Å²) in [5.41, 5.74) is 4.42. The van der Waals surface area contributed by atoms with Gasteiger partial charge in [-0.05, 0) is 55.8 Å². The Balaban J connectivity index is 1.68. The molecule has 5 nitrogen and oxygen atoms in total. The molecule has 0 saturated carbocycles. The Morgan fingerprint density at radius 3 is 2.46 bits per heavy atom. The molecule has 6 heteroatoms. The summed E-state index contributed by atoms with van der Waals surface area (Å²) in [5, 5.41) is 8.33. The first kappa shape index (κ1) is 18.6. The quantitative estimate of drug-likeness (QED) is 0.580. The molecule has 1 aromatic heterocycles. The van der Waals surface area contributed by atoms with Gasteiger partial charge in [0.05, 0.1) is 13.7 Å². The summed E-state index contributed by atoms with van der Waals surface area (Å²) in [7, 11) is 3.75. The van der Waals surface area contributed by atoms with Crippen LogP contribution in [0, 0.1) is 13.8 Å². The summed E-state index contributed by atoms with van der Waals surface area (Å²) < 4.78 is 12.2. The Bertz CT molecular complexity index is 885. The molecule has 136 valence electrons. The predicted octanol–water partition coefficient (Wildman–Crippen LogP) is 4.76. The summed E-state index contributed by atoms with van der Waals surface area (Å²) in [6, 6.07) is 12.1. The van der Waals surface area contributed by atoms with Crippen LogP contribution >= 0.6 is 15.9 Å². The average molecular weight is 416 g/mol. The molecule has 0 saturated heterocycles. The first-order valence-corrected chi connectivity index (χ1v) is 9.16. The van der Waals surface area contributed by atoms with Gasteiger partial charge in [-0.2, -0.15) is 0 Å². The van der Waals surface area contributed by atoms with Crippen LogP contribution in [0.3, 0.4) is 0 Å². The minimum atomic E-state index is 0.533. The highest BCUT2D eigenvalue weighted by molar-refractivity contribution is 9.10. The van der Waals surface area contributed by atoms with Gasteiger partial charge in [0.2, 0.25) is 11.8 Å². The second-order valence-corrected chi connectivity index (χ2v) is 7.36. The zero-order valence-corrected chi connectivity index (χ0v) is 17.0. The van der Waals surface area contributed by atoms with Crippen LogP contribution in [0.5, 0.6) is 5.75 Å². The molecule has 0 bridgehead atoms. The lowest BCUT2D eigenvalue weighted by molar-refractivity contribution is 0.282. The second-order valence-electron chi connectivity index (χ2n) is 6.45. The highest BCUT2D eigenvalue weighted by Gasteiger charge is 2.12. The van der Waals surface area contributed by atoms with Crippen molar-refractivity contribution in [1.82, 2.24) is 15.1 Å². The number of nitrogens with zero attached hydrogens (tertiary/aromatic N) is 3. The van der Waals surface area contributed by atoms with Crippen molar-refractivity contribution in [2.24, 2.45) is 0 Å². The third-order valence-corrected chi connectivity index (χ3v) is 4.61. The van der Waals surface area contributed by atoms with Crippen LogP contribution in [0.2, 0.25) is 0 Å². The molecule has 0 aliphatic rings. The fraction of sp³-hybridized carbons (Fsp3) is 0.300. The van der Waals surface area contributed by atoms with Crippen molar-refractivity contribution >= 4 is 15.9 Å². The molecule has 0 spiro atoms. The van der Waals surface area contributed by atoms with Crippen molar-refractivity contribution in [3.63, 3.8) is 0 Å². The summed E-state index contributed by atoms with van der Waals surface area (Å²) in [5.74, 6) is 2.09. The molecule has 0 atom stereocenters. The predicted molar refractivity (Wildman–Crippen MR) is 105 cm³/mol. The average Bonchev–Trinajstić information content (AvgIpc) is 3.03. The van der Waals surface area contributed by atoms with Crippen molar-refractivity contribution in [3.8, 4) is 17.2 Å². The molecule has 26 heavy (non-hydrogen) atoms. The van der Waals surface area contributed by atoms with E-state index in [1.165, 1.54) is 5.56 Å². The van der Waals surface area contributed by atoms with E-state index in [1.54, 1.807) is 7.11 Å². The molecule has 1 heterocycles. The van der Waals surface area contributed by atoms with Gasteiger partial charge in [0, 0.05) is 16.6 Å². The van der Waals surface area contributed by atoms with Gasteiger partial charge in [0.1, 0.15) is 5.75 Å². The highest BCUT2D eigenvalue weighted by atomic mass is 79.9. The van der Waals surface area contributed by atoms with E-state index >= 15 is 0 Å². The molecule has 0 amide bonds. The molecule has 0 aliphatic carbocycles. The van der Waals surface area contributed by atoms with Crippen molar-refractivity contribution in [3.05, 3.63) is 63.5 Å². The van der Waals surface area contributed by atoms with Crippen LogP contribution in [0.4, 0.5) is 0 Å². The number of hydrogen-bond donors (Lipinski definition) is 0. The smallest absolute Gasteiger partial charge is 0.247 e. The summed E-state index contributed by atoms with van der Waals surface area (Å²) in [6.07, 6.45) is 0. The molecule has 0 aliphatic heterocycles. The SMILES string of the molecule is COc1c(C)cc(CN(C)Cc2nnc(-c3cccc(Br)c3)o2)cc1C. The maximum atomic E-state index is 5.81. The van der Waals surface area contributed by atoms with Gasteiger partial charge in [0.25, 0.3) is 0 Å². The van der Waals surface area contributed by atoms with Crippen molar-refractivity contribution in [1.29, 1.82) is 0 Å². The summed E-state index contributed by atoms with van der Waals surface area (Å²) >= 11 is 3.46. The number of hydrogen-bond acceptors (Lipinski definition) is 5. The van der Waals surface area contributed by atoms with Crippen LogP contribution in [0.25, 0.3) is 11.5 Å². The normalized spacial score (nSPS) is 11.2. The fourth-order valence-electron chi connectivity index (χ4n) is 3.11. The minimum Gasteiger partial charge on any atom is -0.496 e. The lowest BCUT2D eigenvalue weighted by atomic mass is 10.1. The molecule has 3 rings (SSSR count). The Labute approximate surface area is 162 Å². The molecule has 0 unspecified atom stereocenters. The van der Waals surface area contributed by atoms with Gasteiger partial charge < -0.3 is 9.15 Å². The Kier molecular flexibility index (Phi) is 5.74. The van der Waals surface area contributed by atoms with E-state index < -0.39 is 0 Å². The largest absolute Gasteiger partial charge is 0.496 e. The number of aryl methyl sites for hydroxylation is 2. The monoisotopic (exact) mass is 415 g/mol. The molecule has 0 N–H and O–H groups in total. The van der Waals surface area contributed by atoms with E-state index in [-0.39, 0.29) is 0 Å². The summed E-state index contributed by atoms with van der Waals surface area (Å²) in [6.45, 7) is 5.51. The van der Waals surface area contributed by atoms with Crippen LogP contribution in [0.15, 0.2) is 45.3 Å². The Morgan fingerprint density at radius 1 is 1.08 bits per heavy atom. The van der Waals surface area contributed by atoms with Crippen LogP contribution in [-0.2, 0) is 13.1 Å². The van der Waals surface area contributed by atoms with Gasteiger partial charge in [-0.15, -0.1) is 10.2 Å². The number of aromatic nitrogens is 2. The first-order chi connectivity index (χ1) is 12.5. The van der Waals surface area contributed by atoms with Crippen LogP contribution in [0.1, 0.15) is 22.6 Å². The molecule has 2 aromatic carbocycles.